The van der Waals surface area contributed by atoms with Gasteiger partial charge in [0, 0.05) is 19.4 Å². The van der Waals surface area contributed by atoms with Gasteiger partial charge in [0.05, 0.1) is 6.42 Å². The first-order valence-electron chi connectivity index (χ1n) is 4.78. The van der Waals surface area contributed by atoms with E-state index in [-0.39, 0.29) is 6.42 Å². The van der Waals surface area contributed by atoms with Gasteiger partial charge < -0.3 is 5.11 Å². The molecule has 0 amide bonds. The predicted octanol–water partition coefficient (Wildman–Crippen LogP) is 0.710. The Labute approximate surface area is 81.8 Å². The summed E-state index contributed by atoms with van der Waals surface area (Å²) in [6.07, 6.45) is 2.92. The zero-order valence-electron chi connectivity index (χ0n) is 8.10. The highest BCUT2D eigenvalue weighted by Crippen LogP contribution is 2.37. The van der Waals surface area contributed by atoms with Gasteiger partial charge in [-0.25, -0.2) is 4.98 Å². The summed E-state index contributed by atoms with van der Waals surface area (Å²) in [4.78, 5) is 14.7. The fourth-order valence-corrected chi connectivity index (χ4v) is 1.39. The van der Waals surface area contributed by atoms with Crippen LogP contribution in [0.5, 0.6) is 0 Å². The van der Waals surface area contributed by atoms with Crippen molar-refractivity contribution < 1.29 is 9.90 Å². The first-order chi connectivity index (χ1) is 6.66. The molecule has 0 aromatic carbocycles. The van der Waals surface area contributed by atoms with Crippen LogP contribution >= 0.6 is 0 Å². The molecule has 1 N–H and O–H groups in total. The third kappa shape index (κ3) is 1.92. The SMILES string of the molecule is Cn1nc(C2CC2)nc1CCC(=O)O. The topological polar surface area (TPSA) is 68.0 Å². The largest absolute Gasteiger partial charge is 0.481 e. The van der Waals surface area contributed by atoms with Crippen molar-refractivity contribution in [1.29, 1.82) is 0 Å². The van der Waals surface area contributed by atoms with Crippen LogP contribution in [0.25, 0.3) is 0 Å². The molecule has 76 valence electrons. The summed E-state index contributed by atoms with van der Waals surface area (Å²) in [5.74, 6) is 1.39. The molecule has 5 nitrogen and oxygen atoms in total. The van der Waals surface area contributed by atoms with Crippen LogP contribution in [0.2, 0.25) is 0 Å². The Morgan fingerprint density at radius 1 is 1.64 bits per heavy atom. The highest BCUT2D eigenvalue weighted by atomic mass is 16.4. The van der Waals surface area contributed by atoms with E-state index < -0.39 is 5.97 Å². The Bertz CT molecular complexity index is 355. The van der Waals surface area contributed by atoms with E-state index in [1.807, 2.05) is 7.05 Å². The molecule has 0 saturated heterocycles. The summed E-state index contributed by atoms with van der Waals surface area (Å²) in [5, 5.41) is 12.8. The van der Waals surface area contributed by atoms with Crippen LogP contribution in [0.4, 0.5) is 0 Å². The first kappa shape index (κ1) is 9.18. The van der Waals surface area contributed by atoms with Crippen LogP contribution < -0.4 is 0 Å². The maximum Gasteiger partial charge on any atom is 0.303 e. The van der Waals surface area contributed by atoms with Crippen LogP contribution in [0, 0.1) is 0 Å². The molecule has 0 aliphatic heterocycles. The highest BCUT2D eigenvalue weighted by molar-refractivity contribution is 5.66. The number of aliphatic carboxylic acids is 1. The molecule has 0 bridgehead atoms. The molecule has 1 saturated carbocycles. The van der Waals surface area contributed by atoms with E-state index in [0.29, 0.717) is 12.3 Å². The molecular weight excluding hydrogens is 182 g/mol. The van der Waals surface area contributed by atoms with E-state index in [4.69, 9.17) is 5.11 Å². The first-order valence-corrected chi connectivity index (χ1v) is 4.78. The van der Waals surface area contributed by atoms with Gasteiger partial charge in [0.25, 0.3) is 0 Å². The smallest absolute Gasteiger partial charge is 0.303 e. The summed E-state index contributed by atoms with van der Waals surface area (Å²) in [7, 11) is 1.82. The summed E-state index contributed by atoms with van der Waals surface area (Å²) < 4.78 is 1.69. The van der Waals surface area contributed by atoms with Crippen molar-refractivity contribution in [3.05, 3.63) is 11.6 Å². The van der Waals surface area contributed by atoms with Crippen molar-refractivity contribution >= 4 is 5.97 Å². The van der Waals surface area contributed by atoms with Gasteiger partial charge >= 0.3 is 5.97 Å². The number of nitrogens with zero attached hydrogens (tertiary/aromatic N) is 3. The van der Waals surface area contributed by atoms with Crippen molar-refractivity contribution in [2.24, 2.45) is 7.05 Å². The fraction of sp³-hybridized carbons (Fsp3) is 0.667. The summed E-state index contributed by atoms with van der Waals surface area (Å²) >= 11 is 0. The second-order valence-corrected chi connectivity index (χ2v) is 3.68. The molecule has 1 heterocycles. The quantitative estimate of drug-likeness (QED) is 0.768. The van der Waals surface area contributed by atoms with Crippen molar-refractivity contribution in [3.8, 4) is 0 Å². The number of carbonyl (C=O) groups is 1. The average Bonchev–Trinajstić information content (AvgIpc) is 2.88. The number of aryl methyl sites for hydroxylation is 2. The Morgan fingerprint density at radius 2 is 2.36 bits per heavy atom. The number of carboxylic acids is 1. The van der Waals surface area contributed by atoms with Gasteiger partial charge in [-0.1, -0.05) is 0 Å². The highest BCUT2D eigenvalue weighted by Gasteiger charge is 2.28. The van der Waals surface area contributed by atoms with E-state index in [2.05, 4.69) is 10.1 Å². The number of carboxylic acid groups (broad SMARTS) is 1. The molecule has 1 aliphatic carbocycles. The normalized spacial score (nSPS) is 15.8. The van der Waals surface area contributed by atoms with Gasteiger partial charge in [0.1, 0.15) is 5.82 Å². The molecular formula is C9H13N3O2. The molecule has 1 fully saturated rings. The predicted molar refractivity (Wildman–Crippen MR) is 48.9 cm³/mol. The number of hydrogen-bond acceptors (Lipinski definition) is 3. The molecule has 0 radical (unpaired) electrons. The summed E-state index contributed by atoms with van der Waals surface area (Å²) in [5.41, 5.74) is 0. The van der Waals surface area contributed by atoms with Crippen LogP contribution in [0.3, 0.4) is 0 Å². The minimum absolute atomic E-state index is 0.122. The van der Waals surface area contributed by atoms with Crippen LogP contribution in [-0.2, 0) is 18.3 Å². The lowest BCUT2D eigenvalue weighted by Gasteiger charge is -1.95. The number of hydrogen-bond donors (Lipinski definition) is 1. The van der Waals surface area contributed by atoms with Crippen LogP contribution in [0.1, 0.15) is 36.8 Å². The lowest BCUT2D eigenvalue weighted by molar-refractivity contribution is -0.137. The Kier molecular flexibility index (Phi) is 2.23. The second kappa shape index (κ2) is 3.40. The van der Waals surface area contributed by atoms with Crippen molar-refractivity contribution in [2.75, 3.05) is 0 Å². The fourth-order valence-electron chi connectivity index (χ4n) is 1.39. The minimum Gasteiger partial charge on any atom is -0.481 e. The molecule has 0 atom stereocenters. The van der Waals surface area contributed by atoms with E-state index >= 15 is 0 Å². The molecule has 5 heteroatoms. The minimum atomic E-state index is -0.791. The van der Waals surface area contributed by atoms with E-state index in [1.54, 1.807) is 4.68 Å². The lowest BCUT2D eigenvalue weighted by Crippen LogP contribution is -2.03. The monoisotopic (exact) mass is 195 g/mol. The standard InChI is InChI=1S/C9H13N3O2/c1-12-7(4-5-8(13)14)10-9(11-12)6-2-3-6/h6H,2-5H2,1H3,(H,13,14). The Hall–Kier alpha value is -1.39. The van der Waals surface area contributed by atoms with E-state index in [0.717, 1.165) is 11.6 Å². The van der Waals surface area contributed by atoms with E-state index in [1.165, 1.54) is 12.8 Å². The van der Waals surface area contributed by atoms with Gasteiger partial charge in [-0.3, -0.25) is 9.48 Å². The van der Waals surface area contributed by atoms with Gasteiger partial charge in [-0.05, 0) is 12.8 Å². The molecule has 1 aromatic rings. The second-order valence-electron chi connectivity index (χ2n) is 3.68. The summed E-state index contributed by atoms with van der Waals surface area (Å²) in [6.45, 7) is 0. The van der Waals surface area contributed by atoms with Gasteiger partial charge in [-0.15, -0.1) is 0 Å². The summed E-state index contributed by atoms with van der Waals surface area (Å²) in [6, 6.07) is 0. The van der Waals surface area contributed by atoms with E-state index in [9.17, 15) is 4.79 Å². The van der Waals surface area contributed by atoms with Crippen LogP contribution in [0.15, 0.2) is 0 Å². The van der Waals surface area contributed by atoms with Crippen molar-refractivity contribution in [1.82, 2.24) is 14.8 Å². The van der Waals surface area contributed by atoms with Gasteiger partial charge in [0.2, 0.25) is 0 Å². The van der Waals surface area contributed by atoms with Gasteiger partial charge in [-0.2, -0.15) is 5.10 Å². The van der Waals surface area contributed by atoms with Crippen molar-refractivity contribution in [3.63, 3.8) is 0 Å². The number of rotatable bonds is 4. The molecule has 2 rings (SSSR count). The molecule has 0 spiro atoms. The maximum atomic E-state index is 10.4. The zero-order chi connectivity index (χ0) is 10.1. The molecule has 1 aromatic heterocycles. The van der Waals surface area contributed by atoms with Crippen molar-refractivity contribution in [2.45, 2.75) is 31.6 Å². The number of aromatic nitrogens is 3. The average molecular weight is 195 g/mol. The lowest BCUT2D eigenvalue weighted by atomic mass is 10.3. The third-order valence-corrected chi connectivity index (χ3v) is 2.37. The van der Waals surface area contributed by atoms with Crippen LogP contribution in [-0.4, -0.2) is 25.8 Å². The zero-order valence-corrected chi connectivity index (χ0v) is 8.10. The molecule has 1 aliphatic rings. The van der Waals surface area contributed by atoms with Gasteiger partial charge in [0.15, 0.2) is 5.82 Å². The Morgan fingerprint density at radius 3 is 2.93 bits per heavy atom. The molecule has 0 unspecified atom stereocenters. The Balaban J connectivity index is 2.04. The third-order valence-electron chi connectivity index (χ3n) is 2.37. The maximum absolute atomic E-state index is 10.4. The molecule has 14 heavy (non-hydrogen) atoms.